The molecular formula is C17H29NO6Si. The Hall–Kier alpha value is -1.48. The minimum Gasteiger partial charge on any atom is -0.496 e. The lowest BCUT2D eigenvalue weighted by atomic mass is 9.83. The highest BCUT2D eigenvalue weighted by molar-refractivity contribution is 6.48. The molecule has 0 aliphatic carbocycles. The molecule has 2 N–H and O–H groups in total. The monoisotopic (exact) mass is 371 g/mol. The first kappa shape index (κ1) is 21.6. The number of benzene rings is 1. The number of aliphatic hydroxyl groups is 2. The van der Waals surface area contributed by atoms with Crippen molar-refractivity contribution in [2.75, 3.05) is 13.7 Å². The Kier molecular flexibility index (Phi) is 7.55. The van der Waals surface area contributed by atoms with Gasteiger partial charge in [0.25, 0.3) is 5.69 Å². The summed E-state index contributed by atoms with van der Waals surface area (Å²) < 4.78 is 11.5. The molecule has 0 amide bonds. The lowest BCUT2D eigenvalue weighted by molar-refractivity contribution is -0.386. The average molecular weight is 372 g/mol. The van der Waals surface area contributed by atoms with E-state index < -0.39 is 32.8 Å². The van der Waals surface area contributed by atoms with Gasteiger partial charge < -0.3 is 19.4 Å². The molecule has 25 heavy (non-hydrogen) atoms. The Balaban J connectivity index is 3.54. The Labute approximate surface area is 150 Å². The van der Waals surface area contributed by atoms with Crippen LogP contribution in [0.15, 0.2) is 12.1 Å². The number of nitro groups is 1. The van der Waals surface area contributed by atoms with Gasteiger partial charge in [-0.15, -0.1) is 0 Å². The summed E-state index contributed by atoms with van der Waals surface area (Å²) in [5, 5.41) is 30.4. The van der Waals surface area contributed by atoms with E-state index in [1.54, 1.807) is 6.07 Å². The lowest BCUT2D eigenvalue weighted by Gasteiger charge is -2.33. The summed E-state index contributed by atoms with van der Waals surface area (Å²) in [7, 11) is 0.0242. The summed E-state index contributed by atoms with van der Waals surface area (Å²) in [6.45, 7) is 9.56. The van der Waals surface area contributed by atoms with Crippen molar-refractivity contribution in [1.82, 2.24) is 0 Å². The van der Waals surface area contributed by atoms with Gasteiger partial charge in [-0.3, -0.25) is 10.1 Å². The van der Waals surface area contributed by atoms with Crippen LogP contribution in [0.25, 0.3) is 0 Å². The van der Waals surface area contributed by atoms with Crippen LogP contribution in [0.1, 0.15) is 38.0 Å². The summed E-state index contributed by atoms with van der Waals surface area (Å²) in [5.41, 5.74) is 0.557. The highest BCUT2D eigenvalue weighted by atomic mass is 28.3. The molecule has 0 radical (unpaired) electrons. The molecule has 2 unspecified atom stereocenters. The maximum atomic E-state index is 11.7. The van der Waals surface area contributed by atoms with Crippen LogP contribution in [-0.2, 0) is 10.8 Å². The molecule has 0 heterocycles. The fourth-order valence-electron chi connectivity index (χ4n) is 2.68. The summed E-state index contributed by atoms with van der Waals surface area (Å²) in [4.78, 5) is 11.2. The van der Waals surface area contributed by atoms with E-state index in [1.807, 2.05) is 33.9 Å². The van der Waals surface area contributed by atoms with Crippen LogP contribution in [-0.4, -0.2) is 44.0 Å². The van der Waals surface area contributed by atoms with E-state index in [0.717, 1.165) is 0 Å². The first-order valence-electron chi connectivity index (χ1n) is 8.30. The second-order valence-corrected chi connectivity index (χ2v) is 9.82. The predicted molar refractivity (Wildman–Crippen MR) is 98.6 cm³/mol. The zero-order chi connectivity index (χ0) is 19.4. The highest BCUT2D eigenvalue weighted by Crippen LogP contribution is 2.43. The topological polar surface area (TPSA) is 102 Å². The van der Waals surface area contributed by atoms with E-state index in [0.29, 0.717) is 16.9 Å². The predicted octanol–water partition coefficient (Wildman–Crippen LogP) is 2.59. The van der Waals surface area contributed by atoms with Gasteiger partial charge in [0.2, 0.25) is 0 Å². The molecule has 0 bridgehead atoms. The Morgan fingerprint density at radius 1 is 1.32 bits per heavy atom. The van der Waals surface area contributed by atoms with Gasteiger partial charge in [0.15, 0.2) is 9.04 Å². The van der Waals surface area contributed by atoms with Gasteiger partial charge in [-0.2, -0.15) is 0 Å². The first-order valence-corrected chi connectivity index (χ1v) is 11.1. The Morgan fingerprint density at radius 2 is 1.92 bits per heavy atom. The minimum absolute atomic E-state index is 0.0597. The zero-order valence-corrected chi connectivity index (χ0v) is 16.9. The molecule has 0 saturated carbocycles. The highest BCUT2D eigenvalue weighted by Gasteiger charge is 2.34. The number of nitro benzene ring substituents is 1. The molecule has 0 spiro atoms. The molecule has 7 nitrogen and oxygen atoms in total. The fraction of sp³-hybridized carbons (Fsp3) is 0.647. The van der Waals surface area contributed by atoms with Gasteiger partial charge in [-0.25, -0.2) is 0 Å². The molecule has 0 saturated heterocycles. The largest absolute Gasteiger partial charge is 0.496 e. The number of aliphatic hydroxyl groups excluding tert-OH is 2. The number of hydrogen-bond donors (Lipinski definition) is 2. The van der Waals surface area contributed by atoms with Crippen LogP contribution >= 0.6 is 0 Å². The van der Waals surface area contributed by atoms with Crippen molar-refractivity contribution in [2.45, 2.75) is 52.5 Å². The quantitative estimate of drug-likeness (QED) is 0.414. The number of ether oxygens (including phenoxy) is 1. The van der Waals surface area contributed by atoms with Gasteiger partial charge in [-0.1, -0.05) is 20.8 Å². The van der Waals surface area contributed by atoms with Crippen molar-refractivity contribution in [1.29, 1.82) is 0 Å². The van der Waals surface area contributed by atoms with E-state index in [-0.39, 0.29) is 17.5 Å². The van der Waals surface area contributed by atoms with E-state index >= 15 is 0 Å². The standard InChI is InChI=1S/C17H29NO6Si/c1-17(2,3)16(24-25(5)6)13-9-15(23-4)11(7-12(20)10-19)8-14(13)18(21)22/h8-9,12,16,19-20,25H,7,10H2,1-6H3. The maximum Gasteiger partial charge on any atom is 0.275 e. The summed E-state index contributed by atoms with van der Waals surface area (Å²) >= 11 is 0. The van der Waals surface area contributed by atoms with Crippen LogP contribution in [0.2, 0.25) is 13.1 Å². The van der Waals surface area contributed by atoms with Gasteiger partial charge >= 0.3 is 0 Å². The van der Waals surface area contributed by atoms with Crippen LogP contribution in [0.3, 0.4) is 0 Å². The summed E-state index contributed by atoms with van der Waals surface area (Å²) in [6, 6.07) is 3.04. The van der Waals surface area contributed by atoms with E-state index in [2.05, 4.69) is 0 Å². The van der Waals surface area contributed by atoms with Crippen LogP contribution < -0.4 is 4.74 Å². The SMILES string of the molecule is COc1cc(C(O[SiH](C)C)C(C)(C)C)c([N+](=O)[O-])cc1CC(O)CO. The Morgan fingerprint density at radius 3 is 2.32 bits per heavy atom. The Bertz CT molecular complexity index is 600. The number of hydrogen-bond acceptors (Lipinski definition) is 6. The van der Waals surface area contributed by atoms with Crippen molar-refractivity contribution in [3.8, 4) is 5.75 Å². The van der Waals surface area contributed by atoms with Crippen molar-refractivity contribution >= 4 is 14.7 Å². The summed E-state index contributed by atoms with van der Waals surface area (Å²) in [5.74, 6) is 0.441. The van der Waals surface area contributed by atoms with Gasteiger partial charge in [0, 0.05) is 18.1 Å². The van der Waals surface area contributed by atoms with Crippen LogP contribution in [0.5, 0.6) is 5.75 Å². The van der Waals surface area contributed by atoms with Crippen LogP contribution in [0, 0.1) is 15.5 Å². The molecule has 0 aliphatic heterocycles. The third-order valence-electron chi connectivity index (χ3n) is 3.77. The molecule has 0 fully saturated rings. The minimum atomic E-state index is -1.45. The second kappa shape index (κ2) is 8.75. The molecule has 1 aromatic carbocycles. The molecule has 0 aromatic heterocycles. The average Bonchev–Trinajstić information content (AvgIpc) is 2.50. The molecule has 142 valence electrons. The normalized spacial score (nSPS) is 14.4. The lowest BCUT2D eigenvalue weighted by Crippen LogP contribution is -2.27. The first-order chi connectivity index (χ1) is 11.5. The molecule has 8 heteroatoms. The van der Waals surface area contributed by atoms with Crippen molar-refractivity contribution in [2.24, 2.45) is 5.41 Å². The fourth-order valence-corrected chi connectivity index (χ4v) is 3.78. The molecule has 0 aliphatic rings. The van der Waals surface area contributed by atoms with Crippen LogP contribution in [0.4, 0.5) is 5.69 Å². The zero-order valence-electron chi connectivity index (χ0n) is 15.8. The van der Waals surface area contributed by atoms with Crippen molar-refractivity contribution in [3.05, 3.63) is 33.4 Å². The van der Waals surface area contributed by atoms with E-state index in [1.165, 1.54) is 13.2 Å². The van der Waals surface area contributed by atoms with Gasteiger partial charge in [-0.05, 0) is 24.6 Å². The van der Waals surface area contributed by atoms with E-state index in [9.17, 15) is 15.2 Å². The third-order valence-corrected chi connectivity index (χ3v) is 4.59. The maximum absolute atomic E-state index is 11.7. The van der Waals surface area contributed by atoms with Gasteiger partial charge in [0.1, 0.15) is 5.75 Å². The van der Waals surface area contributed by atoms with E-state index in [4.69, 9.17) is 14.3 Å². The second-order valence-electron chi connectivity index (χ2n) is 7.45. The number of rotatable bonds is 8. The molecule has 2 atom stereocenters. The van der Waals surface area contributed by atoms with Crippen molar-refractivity contribution < 1.29 is 24.3 Å². The van der Waals surface area contributed by atoms with Crippen molar-refractivity contribution in [3.63, 3.8) is 0 Å². The third kappa shape index (κ3) is 5.77. The molecule has 1 rings (SSSR count). The van der Waals surface area contributed by atoms with Gasteiger partial charge in [0.05, 0.1) is 36.4 Å². The summed E-state index contributed by atoms with van der Waals surface area (Å²) in [6.07, 6.45) is -1.37. The molecular weight excluding hydrogens is 342 g/mol. The number of nitrogens with zero attached hydrogens (tertiary/aromatic N) is 1. The smallest absolute Gasteiger partial charge is 0.275 e. The number of methoxy groups -OCH3 is 1. The molecule has 1 aromatic rings.